The Morgan fingerprint density at radius 2 is 2.23 bits per heavy atom. The van der Waals surface area contributed by atoms with E-state index in [4.69, 9.17) is 15.6 Å². The van der Waals surface area contributed by atoms with Crippen molar-refractivity contribution in [3.05, 3.63) is 23.8 Å². The molecular formula is C10H15NO2. The summed E-state index contributed by atoms with van der Waals surface area (Å²) >= 11 is 0. The summed E-state index contributed by atoms with van der Waals surface area (Å²) in [4.78, 5) is 0. The molecule has 0 heterocycles. The molecule has 0 aliphatic heterocycles. The van der Waals surface area contributed by atoms with E-state index in [2.05, 4.69) is 0 Å². The number of anilines is 1. The average Bonchev–Trinajstić information content (AvgIpc) is 2.13. The van der Waals surface area contributed by atoms with E-state index in [1.807, 2.05) is 25.1 Å². The highest BCUT2D eigenvalue weighted by Gasteiger charge is 2.04. The molecule has 3 nitrogen and oxygen atoms in total. The first-order valence-corrected chi connectivity index (χ1v) is 4.40. The predicted octanol–water partition coefficient (Wildman–Crippen LogP) is 1.20. The number of hydrogen-bond acceptors (Lipinski definition) is 3. The molecule has 0 atom stereocenters. The Kier molecular flexibility index (Phi) is 3.58. The molecule has 0 saturated carbocycles. The summed E-state index contributed by atoms with van der Waals surface area (Å²) in [6.45, 7) is 2.63. The maximum Gasteiger partial charge on any atom is 0.142 e. The molecule has 0 radical (unpaired) electrons. The van der Waals surface area contributed by atoms with Crippen molar-refractivity contribution < 1.29 is 9.84 Å². The van der Waals surface area contributed by atoms with Crippen molar-refractivity contribution in [2.75, 3.05) is 18.9 Å². The number of para-hydroxylation sites is 1. The van der Waals surface area contributed by atoms with Crippen molar-refractivity contribution >= 4 is 5.69 Å². The van der Waals surface area contributed by atoms with Crippen molar-refractivity contribution in [3.63, 3.8) is 0 Å². The lowest BCUT2D eigenvalue weighted by Crippen LogP contribution is -2.02. The maximum absolute atomic E-state index is 8.77. The van der Waals surface area contributed by atoms with E-state index in [1.54, 1.807) is 0 Å². The Morgan fingerprint density at radius 3 is 2.85 bits per heavy atom. The third-order valence-corrected chi connectivity index (χ3v) is 1.84. The summed E-state index contributed by atoms with van der Waals surface area (Å²) in [7, 11) is 0. The summed E-state index contributed by atoms with van der Waals surface area (Å²) in [6.07, 6.45) is 0.576. The third-order valence-electron chi connectivity index (χ3n) is 1.84. The van der Waals surface area contributed by atoms with E-state index in [9.17, 15) is 0 Å². The van der Waals surface area contributed by atoms with Gasteiger partial charge in [0.05, 0.1) is 12.3 Å². The van der Waals surface area contributed by atoms with Crippen LogP contribution in [0.2, 0.25) is 0 Å². The molecule has 1 rings (SSSR count). The Morgan fingerprint density at radius 1 is 1.46 bits per heavy atom. The molecule has 1 aromatic rings. The summed E-state index contributed by atoms with van der Waals surface area (Å²) in [5.41, 5.74) is 7.40. The van der Waals surface area contributed by atoms with E-state index in [1.165, 1.54) is 0 Å². The Labute approximate surface area is 78.1 Å². The third kappa shape index (κ3) is 2.36. The van der Waals surface area contributed by atoms with Gasteiger partial charge in [-0.2, -0.15) is 0 Å². The van der Waals surface area contributed by atoms with Gasteiger partial charge in [0.15, 0.2) is 0 Å². The van der Waals surface area contributed by atoms with Crippen LogP contribution in [0.3, 0.4) is 0 Å². The van der Waals surface area contributed by atoms with E-state index in [0.717, 1.165) is 5.56 Å². The number of ether oxygens (including phenoxy) is 1. The maximum atomic E-state index is 8.77. The quantitative estimate of drug-likeness (QED) is 0.686. The molecule has 0 aromatic heterocycles. The second-order valence-corrected chi connectivity index (χ2v) is 2.74. The molecule has 0 fully saturated rings. The van der Waals surface area contributed by atoms with E-state index in [-0.39, 0.29) is 6.61 Å². The van der Waals surface area contributed by atoms with Crippen molar-refractivity contribution in [2.24, 2.45) is 0 Å². The first-order valence-electron chi connectivity index (χ1n) is 4.40. The van der Waals surface area contributed by atoms with E-state index < -0.39 is 0 Å². The molecule has 3 heteroatoms. The first-order chi connectivity index (χ1) is 6.29. The van der Waals surface area contributed by atoms with E-state index >= 15 is 0 Å². The van der Waals surface area contributed by atoms with Crippen LogP contribution < -0.4 is 10.5 Å². The molecule has 0 spiro atoms. The molecule has 0 amide bonds. The van der Waals surface area contributed by atoms with Crippen LogP contribution in [0, 0.1) is 0 Å². The van der Waals surface area contributed by atoms with Gasteiger partial charge < -0.3 is 15.6 Å². The fourth-order valence-electron chi connectivity index (χ4n) is 1.21. The van der Waals surface area contributed by atoms with Gasteiger partial charge in [-0.1, -0.05) is 12.1 Å². The molecular weight excluding hydrogens is 166 g/mol. The van der Waals surface area contributed by atoms with Gasteiger partial charge in [-0.3, -0.25) is 0 Å². The minimum Gasteiger partial charge on any atom is -0.492 e. The summed E-state index contributed by atoms with van der Waals surface area (Å²) in [5, 5.41) is 8.77. The Balaban J connectivity index is 2.89. The van der Waals surface area contributed by atoms with E-state index in [0.29, 0.717) is 24.5 Å². The highest BCUT2D eigenvalue weighted by atomic mass is 16.5. The molecule has 0 aliphatic rings. The highest BCUT2D eigenvalue weighted by molar-refractivity contribution is 5.58. The van der Waals surface area contributed by atoms with Gasteiger partial charge in [-0.05, 0) is 25.0 Å². The van der Waals surface area contributed by atoms with Crippen molar-refractivity contribution in [3.8, 4) is 5.75 Å². The number of rotatable bonds is 4. The number of aliphatic hydroxyl groups is 1. The van der Waals surface area contributed by atoms with Gasteiger partial charge in [-0.25, -0.2) is 0 Å². The van der Waals surface area contributed by atoms with Crippen LogP contribution in [0.4, 0.5) is 5.69 Å². The molecule has 0 saturated heterocycles. The zero-order valence-electron chi connectivity index (χ0n) is 7.79. The van der Waals surface area contributed by atoms with Gasteiger partial charge >= 0.3 is 0 Å². The zero-order chi connectivity index (χ0) is 9.68. The zero-order valence-corrected chi connectivity index (χ0v) is 7.79. The second-order valence-electron chi connectivity index (χ2n) is 2.74. The number of nitrogens with two attached hydrogens (primary N) is 1. The molecule has 0 aliphatic carbocycles. The molecule has 0 unspecified atom stereocenters. The van der Waals surface area contributed by atoms with Crippen LogP contribution in [0.15, 0.2) is 18.2 Å². The number of benzene rings is 1. The van der Waals surface area contributed by atoms with Crippen LogP contribution in [0.25, 0.3) is 0 Å². The van der Waals surface area contributed by atoms with Gasteiger partial charge in [0.25, 0.3) is 0 Å². The molecule has 72 valence electrons. The van der Waals surface area contributed by atoms with Crippen LogP contribution >= 0.6 is 0 Å². The standard InChI is InChI=1S/C10H15NO2/c1-2-13-9-5-3-4-8(6-7-12)10(9)11/h3-5,12H,2,6-7,11H2,1H3. The lowest BCUT2D eigenvalue weighted by molar-refractivity contribution is 0.299. The second kappa shape index (κ2) is 4.72. The largest absolute Gasteiger partial charge is 0.492 e. The number of nitrogen functional groups attached to an aromatic ring is 1. The van der Waals surface area contributed by atoms with Crippen LogP contribution in [0.5, 0.6) is 5.75 Å². The molecule has 0 bridgehead atoms. The Hall–Kier alpha value is -1.22. The minimum atomic E-state index is 0.111. The van der Waals surface area contributed by atoms with Gasteiger partial charge in [0.2, 0.25) is 0 Å². The number of aliphatic hydroxyl groups excluding tert-OH is 1. The normalized spacial score (nSPS) is 10.0. The monoisotopic (exact) mass is 181 g/mol. The lowest BCUT2D eigenvalue weighted by atomic mass is 10.1. The van der Waals surface area contributed by atoms with Crippen molar-refractivity contribution in [1.29, 1.82) is 0 Å². The smallest absolute Gasteiger partial charge is 0.142 e. The van der Waals surface area contributed by atoms with Crippen LogP contribution in [0.1, 0.15) is 12.5 Å². The first kappa shape index (κ1) is 9.86. The van der Waals surface area contributed by atoms with Gasteiger partial charge in [-0.15, -0.1) is 0 Å². The molecule has 13 heavy (non-hydrogen) atoms. The lowest BCUT2D eigenvalue weighted by Gasteiger charge is -2.09. The van der Waals surface area contributed by atoms with Crippen molar-refractivity contribution in [1.82, 2.24) is 0 Å². The van der Waals surface area contributed by atoms with Gasteiger partial charge in [0, 0.05) is 6.61 Å². The SMILES string of the molecule is CCOc1cccc(CCO)c1N. The topological polar surface area (TPSA) is 55.5 Å². The summed E-state index contributed by atoms with van der Waals surface area (Å²) < 4.78 is 5.32. The van der Waals surface area contributed by atoms with Crippen molar-refractivity contribution in [2.45, 2.75) is 13.3 Å². The van der Waals surface area contributed by atoms with Crippen LogP contribution in [-0.2, 0) is 6.42 Å². The van der Waals surface area contributed by atoms with Crippen LogP contribution in [-0.4, -0.2) is 18.3 Å². The Bertz CT molecular complexity index is 249. The number of hydrogen-bond donors (Lipinski definition) is 2. The summed E-state index contributed by atoms with van der Waals surface area (Å²) in [6, 6.07) is 5.61. The fourth-order valence-corrected chi connectivity index (χ4v) is 1.21. The predicted molar refractivity (Wildman–Crippen MR) is 52.8 cm³/mol. The fraction of sp³-hybridized carbons (Fsp3) is 0.400. The molecule has 1 aromatic carbocycles. The highest BCUT2D eigenvalue weighted by Crippen LogP contribution is 2.25. The minimum absolute atomic E-state index is 0.111. The van der Waals surface area contributed by atoms with Gasteiger partial charge in [0.1, 0.15) is 5.75 Å². The average molecular weight is 181 g/mol. The summed E-state index contributed by atoms with van der Waals surface area (Å²) in [5.74, 6) is 0.702. The molecule has 3 N–H and O–H groups in total.